The van der Waals surface area contributed by atoms with Gasteiger partial charge >= 0.3 is 17.5 Å². The molecule has 0 amide bonds. The number of benzene rings is 2. The minimum atomic E-state index is -4.68. The molecule has 3 aromatic rings. The van der Waals surface area contributed by atoms with Crippen LogP contribution < -0.4 is 14.4 Å². The van der Waals surface area contributed by atoms with Gasteiger partial charge in [-0.2, -0.15) is 0 Å². The van der Waals surface area contributed by atoms with E-state index in [4.69, 9.17) is 16.3 Å². The Morgan fingerprint density at radius 3 is 2.35 bits per heavy atom. The molecule has 1 atom stereocenters. The molecule has 216 valence electrons. The molecule has 1 aromatic heterocycles. The van der Waals surface area contributed by atoms with Gasteiger partial charge in [-0.25, -0.2) is 0 Å². The molecule has 1 N–H and O–H groups in total. The van der Waals surface area contributed by atoms with Crippen molar-refractivity contribution in [2.24, 2.45) is 5.92 Å². The molecule has 1 aliphatic rings. The first kappa shape index (κ1) is 29.5. The maximum absolute atomic E-state index is 12.3. The lowest BCUT2D eigenvalue weighted by atomic mass is 9.90. The number of hydrogen-bond donors (Lipinski definition) is 1. The summed E-state index contributed by atoms with van der Waals surface area (Å²) in [6.07, 6.45) is -0.0980. The van der Waals surface area contributed by atoms with Gasteiger partial charge in [0.1, 0.15) is 24.3 Å². The normalized spacial score (nSPS) is 15.2. The van der Waals surface area contributed by atoms with Crippen molar-refractivity contribution in [3.8, 4) is 11.5 Å². The fourth-order valence-corrected chi connectivity index (χ4v) is 4.87. The smallest absolute Gasteiger partial charge is 0.491 e. The second-order valence-corrected chi connectivity index (χ2v) is 10.1. The Hall–Kier alpha value is -3.51. The standard InChI is InChI=1S/C27H30ClF3N4O5/c28-26-32-25(35(37)38)17-34(26)16-13-22(36)18-39-23-9-5-21(6-10-23)33-14-11-20(12-15-33)2-1-19-3-7-24(8-4-19)40-27(29,30)31/h3-10,17,20,22,36H,1-2,11-16,18H2. The number of aromatic nitrogens is 2. The summed E-state index contributed by atoms with van der Waals surface area (Å²) in [4.78, 5) is 16.1. The Morgan fingerprint density at radius 1 is 1.10 bits per heavy atom. The minimum absolute atomic E-state index is 0.00686. The highest BCUT2D eigenvalue weighted by Gasteiger charge is 2.31. The molecule has 0 spiro atoms. The lowest BCUT2D eigenvalue weighted by Gasteiger charge is -2.33. The molecule has 1 fully saturated rings. The van der Waals surface area contributed by atoms with Crippen LogP contribution in [0.1, 0.15) is 31.2 Å². The highest BCUT2D eigenvalue weighted by Crippen LogP contribution is 2.29. The van der Waals surface area contributed by atoms with Gasteiger partial charge < -0.3 is 29.6 Å². The predicted molar refractivity (Wildman–Crippen MR) is 143 cm³/mol. The number of rotatable bonds is 12. The average molecular weight is 583 g/mol. The van der Waals surface area contributed by atoms with Crippen LogP contribution in [-0.4, -0.2) is 51.7 Å². The monoisotopic (exact) mass is 582 g/mol. The quantitative estimate of drug-likeness (QED) is 0.206. The number of halogens is 4. The number of aliphatic hydroxyl groups excluding tert-OH is 1. The van der Waals surface area contributed by atoms with Gasteiger partial charge in [-0.05, 0) is 101 Å². The van der Waals surface area contributed by atoms with Gasteiger partial charge in [-0.3, -0.25) is 4.57 Å². The van der Waals surface area contributed by atoms with Gasteiger partial charge in [0.25, 0.3) is 0 Å². The zero-order chi connectivity index (χ0) is 28.7. The van der Waals surface area contributed by atoms with Gasteiger partial charge in [-0.15, -0.1) is 13.2 Å². The number of ether oxygens (including phenoxy) is 2. The number of nitro groups is 1. The molecule has 1 aliphatic heterocycles. The maximum Gasteiger partial charge on any atom is 0.573 e. The molecular weight excluding hydrogens is 553 g/mol. The molecule has 1 unspecified atom stereocenters. The SMILES string of the molecule is O=[N+]([O-])c1cn(CCC(O)COc2ccc(N3CCC(CCc4ccc(OC(F)(F)F)cc4)CC3)cc2)c(Cl)n1. The van der Waals surface area contributed by atoms with Crippen LogP contribution in [0.2, 0.25) is 5.28 Å². The fourth-order valence-electron chi connectivity index (χ4n) is 4.65. The van der Waals surface area contributed by atoms with Gasteiger partial charge in [0.15, 0.2) is 0 Å². The molecule has 2 heterocycles. The number of hydrogen-bond acceptors (Lipinski definition) is 7. The molecule has 2 aromatic carbocycles. The number of piperidine rings is 1. The second kappa shape index (κ2) is 13.2. The number of alkyl halides is 3. The van der Waals surface area contributed by atoms with E-state index in [-0.39, 0.29) is 36.4 Å². The summed E-state index contributed by atoms with van der Waals surface area (Å²) < 4.78 is 48.0. The molecular formula is C27H30ClF3N4O5. The van der Waals surface area contributed by atoms with Crippen LogP contribution in [0.5, 0.6) is 11.5 Å². The van der Waals surface area contributed by atoms with Crippen molar-refractivity contribution in [2.75, 3.05) is 24.6 Å². The third kappa shape index (κ3) is 8.75. The van der Waals surface area contributed by atoms with E-state index in [9.17, 15) is 28.4 Å². The van der Waals surface area contributed by atoms with Crippen molar-refractivity contribution < 1.29 is 32.7 Å². The zero-order valence-corrected chi connectivity index (χ0v) is 22.4. The summed E-state index contributed by atoms with van der Waals surface area (Å²) >= 11 is 5.89. The molecule has 0 aliphatic carbocycles. The summed E-state index contributed by atoms with van der Waals surface area (Å²) in [5.74, 6) is 0.630. The van der Waals surface area contributed by atoms with Crippen LogP contribution in [0, 0.1) is 16.0 Å². The van der Waals surface area contributed by atoms with E-state index < -0.39 is 17.4 Å². The molecule has 1 saturated heterocycles. The van der Waals surface area contributed by atoms with E-state index in [1.54, 1.807) is 12.1 Å². The molecule has 13 heteroatoms. The lowest BCUT2D eigenvalue weighted by molar-refractivity contribution is -0.389. The van der Waals surface area contributed by atoms with Gasteiger partial charge in [0.05, 0.1) is 6.10 Å². The van der Waals surface area contributed by atoms with Crippen molar-refractivity contribution in [2.45, 2.75) is 51.1 Å². The summed E-state index contributed by atoms with van der Waals surface area (Å²) in [6, 6.07) is 13.8. The number of aryl methyl sites for hydroxylation is 2. The minimum Gasteiger partial charge on any atom is -0.491 e. The van der Waals surface area contributed by atoms with Crippen molar-refractivity contribution in [3.05, 3.63) is 75.7 Å². The van der Waals surface area contributed by atoms with E-state index in [1.807, 2.05) is 24.3 Å². The van der Waals surface area contributed by atoms with E-state index in [2.05, 4.69) is 14.6 Å². The Kier molecular flexibility index (Phi) is 9.75. The molecule has 0 saturated carbocycles. The number of aliphatic hydroxyl groups is 1. The van der Waals surface area contributed by atoms with Crippen LogP contribution in [0.3, 0.4) is 0 Å². The Morgan fingerprint density at radius 2 is 1.75 bits per heavy atom. The third-order valence-electron chi connectivity index (χ3n) is 6.86. The first-order chi connectivity index (χ1) is 19.1. The Balaban J connectivity index is 1.15. The summed E-state index contributed by atoms with van der Waals surface area (Å²) in [7, 11) is 0. The largest absolute Gasteiger partial charge is 0.573 e. The number of imidazole rings is 1. The third-order valence-corrected chi connectivity index (χ3v) is 7.16. The first-order valence-corrected chi connectivity index (χ1v) is 13.3. The highest BCUT2D eigenvalue weighted by molar-refractivity contribution is 6.28. The molecule has 0 radical (unpaired) electrons. The van der Waals surface area contributed by atoms with Crippen LogP contribution >= 0.6 is 11.6 Å². The van der Waals surface area contributed by atoms with Crippen LogP contribution in [0.25, 0.3) is 0 Å². The van der Waals surface area contributed by atoms with E-state index in [0.29, 0.717) is 11.7 Å². The topological polar surface area (TPSA) is 103 Å². The average Bonchev–Trinajstić information content (AvgIpc) is 3.31. The molecule has 4 rings (SSSR count). The molecule has 0 bridgehead atoms. The van der Waals surface area contributed by atoms with Crippen molar-refractivity contribution in [1.29, 1.82) is 0 Å². The van der Waals surface area contributed by atoms with Crippen molar-refractivity contribution in [1.82, 2.24) is 9.55 Å². The van der Waals surface area contributed by atoms with Crippen molar-refractivity contribution >= 4 is 23.1 Å². The van der Waals surface area contributed by atoms with E-state index in [1.165, 1.54) is 22.9 Å². The predicted octanol–water partition coefficient (Wildman–Crippen LogP) is 6.02. The second-order valence-electron chi connectivity index (χ2n) is 9.73. The zero-order valence-electron chi connectivity index (χ0n) is 21.6. The van der Waals surface area contributed by atoms with Gasteiger partial charge in [0.2, 0.25) is 0 Å². The summed E-state index contributed by atoms with van der Waals surface area (Å²) in [5.41, 5.74) is 2.08. The lowest BCUT2D eigenvalue weighted by Crippen LogP contribution is -2.33. The number of nitrogens with zero attached hydrogens (tertiary/aromatic N) is 4. The van der Waals surface area contributed by atoms with Crippen molar-refractivity contribution in [3.63, 3.8) is 0 Å². The van der Waals surface area contributed by atoms with E-state index in [0.717, 1.165) is 50.0 Å². The van der Waals surface area contributed by atoms with Crippen LogP contribution in [0.4, 0.5) is 24.7 Å². The summed E-state index contributed by atoms with van der Waals surface area (Å²) in [5, 5.41) is 21.0. The Bertz CT molecular complexity index is 1250. The van der Waals surface area contributed by atoms with Gasteiger partial charge in [-0.1, -0.05) is 12.1 Å². The highest BCUT2D eigenvalue weighted by atomic mass is 35.5. The summed E-state index contributed by atoms with van der Waals surface area (Å²) in [6.45, 7) is 2.16. The van der Waals surface area contributed by atoms with Crippen LogP contribution in [0.15, 0.2) is 54.7 Å². The van der Waals surface area contributed by atoms with Gasteiger partial charge in [0, 0.05) is 25.3 Å². The maximum atomic E-state index is 12.3. The first-order valence-electron chi connectivity index (χ1n) is 12.9. The number of anilines is 1. The van der Waals surface area contributed by atoms with Crippen LogP contribution in [-0.2, 0) is 13.0 Å². The molecule has 9 nitrogen and oxygen atoms in total. The molecule has 40 heavy (non-hydrogen) atoms. The Labute approximate surface area is 234 Å². The fraction of sp³-hybridized carbons (Fsp3) is 0.444. The van der Waals surface area contributed by atoms with E-state index >= 15 is 0 Å².